The Kier molecular flexibility index (Phi) is 76.4. The zero-order valence-corrected chi connectivity index (χ0v) is 64.7. The van der Waals surface area contributed by atoms with Gasteiger partial charge in [0.25, 0.3) is 0 Å². The Morgan fingerprint density at radius 3 is 0.705 bits per heavy atom. The van der Waals surface area contributed by atoms with Gasteiger partial charge in [0.2, 0.25) is 17.7 Å². The van der Waals surface area contributed by atoms with Gasteiger partial charge in [-0.3, -0.25) is 19.3 Å². The number of rotatable bonds is 81. The summed E-state index contributed by atoms with van der Waals surface area (Å²) in [6.45, 7) is 21.1. The third kappa shape index (κ3) is 73.2. The van der Waals surface area contributed by atoms with Crippen molar-refractivity contribution in [2.75, 3.05) is 91.6 Å². The zero-order valence-electron chi connectivity index (χ0n) is 64.7. The zero-order chi connectivity index (χ0) is 69.1. The summed E-state index contributed by atoms with van der Waals surface area (Å²) in [5, 5.41) is 36.3. The molecule has 0 fully saturated rings. The molecule has 12 nitrogen and oxygen atoms in total. The highest BCUT2D eigenvalue weighted by Crippen LogP contribution is 2.18. The Balaban J connectivity index is 5.77. The van der Waals surface area contributed by atoms with Crippen LogP contribution in [0.25, 0.3) is 0 Å². The molecule has 0 aliphatic rings. The summed E-state index contributed by atoms with van der Waals surface area (Å²) in [5.41, 5.74) is 0. The molecule has 566 valence electrons. The summed E-state index contributed by atoms with van der Waals surface area (Å²) < 4.78 is 0. The molecule has 0 heterocycles. The van der Waals surface area contributed by atoms with Crippen LogP contribution in [0.5, 0.6) is 0 Å². The monoisotopic (exact) mass is 1340 g/mol. The minimum Gasteiger partial charge on any atom is -0.390 e. The van der Waals surface area contributed by atoms with Gasteiger partial charge in [-0.05, 0) is 71.1 Å². The average Bonchev–Trinajstić information content (AvgIpc) is 3.51. The van der Waals surface area contributed by atoms with Gasteiger partial charge in [0.05, 0.1) is 12.2 Å². The van der Waals surface area contributed by atoms with Crippen LogP contribution in [0.15, 0.2) is 0 Å². The van der Waals surface area contributed by atoms with Gasteiger partial charge < -0.3 is 41.3 Å². The highest BCUT2D eigenvalue weighted by molar-refractivity contribution is 5.77. The highest BCUT2D eigenvalue weighted by atomic mass is 16.3. The van der Waals surface area contributed by atoms with Crippen molar-refractivity contribution in [3.05, 3.63) is 0 Å². The van der Waals surface area contributed by atoms with Crippen LogP contribution in [0.1, 0.15) is 413 Å². The number of aliphatic hydroxyl groups is 2. The van der Waals surface area contributed by atoms with E-state index in [1.807, 2.05) is 0 Å². The molecule has 2 unspecified atom stereocenters. The molecule has 0 saturated carbocycles. The smallest absolute Gasteiger partial charge is 0.221 e. The van der Waals surface area contributed by atoms with E-state index in [2.05, 4.69) is 70.6 Å². The number of unbranched alkanes of at least 4 members (excludes halogenated alkanes) is 50. The number of hydrogen-bond donors (Lipinski definition) is 6. The summed E-state index contributed by atoms with van der Waals surface area (Å²) in [6, 6.07) is 0. The van der Waals surface area contributed by atoms with E-state index in [0.717, 1.165) is 90.5 Å². The van der Waals surface area contributed by atoms with Crippen LogP contribution in [0.3, 0.4) is 0 Å². The minimum atomic E-state index is -0.600. The Labute approximate surface area is 592 Å². The van der Waals surface area contributed by atoms with Gasteiger partial charge in [-0.1, -0.05) is 349 Å². The van der Waals surface area contributed by atoms with Crippen molar-refractivity contribution in [1.29, 1.82) is 0 Å². The molecule has 0 spiro atoms. The van der Waals surface area contributed by atoms with E-state index in [1.165, 1.54) is 302 Å². The molecule has 12 heteroatoms. The molecule has 3 amide bonds. The van der Waals surface area contributed by atoms with Gasteiger partial charge in [0.15, 0.2) is 0 Å². The van der Waals surface area contributed by atoms with Crippen LogP contribution in [0.2, 0.25) is 0 Å². The first-order chi connectivity index (χ1) is 46.7. The topological polar surface area (TPSA) is 150 Å². The summed E-state index contributed by atoms with van der Waals surface area (Å²) in [5.74, 6) is 0.216. The predicted octanol–water partition coefficient (Wildman–Crippen LogP) is 20.7. The molecule has 0 aromatic carbocycles. The number of carbonyl (C=O) groups is 3. The maximum absolute atomic E-state index is 13.3. The van der Waals surface area contributed by atoms with E-state index in [9.17, 15) is 24.6 Å². The summed E-state index contributed by atoms with van der Waals surface area (Å²) in [4.78, 5) is 46.4. The summed E-state index contributed by atoms with van der Waals surface area (Å²) >= 11 is 0. The number of hydrogen-bond acceptors (Lipinski definition) is 9. The molecule has 0 saturated heterocycles. The fraction of sp³-hybridized carbons (Fsp3) is 0.964. The van der Waals surface area contributed by atoms with Gasteiger partial charge in [0, 0.05) is 84.7 Å². The maximum atomic E-state index is 13.3. The lowest BCUT2D eigenvalue weighted by Crippen LogP contribution is -2.43. The van der Waals surface area contributed by atoms with Crippen LogP contribution in [0, 0.1) is 0 Å². The Bertz CT molecular complexity index is 1500. The van der Waals surface area contributed by atoms with E-state index < -0.39 is 12.2 Å². The molecule has 0 aromatic heterocycles. The van der Waals surface area contributed by atoms with E-state index in [-0.39, 0.29) is 17.7 Å². The molecule has 95 heavy (non-hydrogen) atoms. The molecule has 0 bridgehead atoms. The number of carbonyl (C=O) groups excluding carboxylic acids is 3. The second-order valence-corrected chi connectivity index (χ2v) is 29.7. The Morgan fingerprint density at radius 1 is 0.242 bits per heavy atom. The first-order valence-corrected chi connectivity index (χ1v) is 42.7. The van der Waals surface area contributed by atoms with E-state index in [4.69, 9.17) is 0 Å². The SMILES string of the molecule is CCCCCCCCCCCCCCN(CCCCN(CCCCCCCCCCCCCC)CC(O)CN(CCC(=O)NCCCCCCCCCCCC)CCC(=O)NCCCCCCCCCCCC)CC(O)CNCCC(=O)NCCCCCCCCCCCC. The summed E-state index contributed by atoms with van der Waals surface area (Å²) in [7, 11) is 0. The first kappa shape index (κ1) is 93.2. The van der Waals surface area contributed by atoms with Gasteiger partial charge in [0.1, 0.15) is 0 Å². The lowest BCUT2D eigenvalue weighted by Gasteiger charge is -2.30. The average molecular weight is 1350 g/mol. The maximum Gasteiger partial charge on any atom is 0.221 e. The van der Waals surface area contributed by atoms with Crippen molar-refractivity contribution in [2.24, 2.45) is 0 Å². The van der Waals surface area contributed by atoms with Crippen molar-refractivity contribution in [2.45, 2.75) is 426 Å². The van der Waals surface area contributed by atoms with E-state index >= 15 is 0 Å². The standard InChI is InChI=1S/C83H169N7O5/c1-6-11-16-21-26-31-36-38-43-48-53-58-69-88(76-79(91)75-84-68-62-81(93)85-65-55-50-45-40-33-28-23-18-13-8-3)71-60-61-72-89(70-59-54-49-44-39-37-32-27-22-17-12-7-2)77-80(92)78-90(73-63-82(94)86-66-56-51-46-41-34-29-24-19-14-9-4)74-64-83(95)87-67-57-52-47-42-35-30-25-20-15-10-5/h79-80,84,91-92H,6-78H2,1-5H3,(H,85,93)(H,86,94)(H,87,95). The quantitative estimate of drug-likeness (QED) is 0.0327. The molecule has 2 atom stereocenters. The predicted molar refractivity (Wildman–Crippen MR) is 414 cm³/mol. The number of amides is 3. The first-order valence-electron chi connectivity index (χ1n) is 42.7. The molecule has 6 N–H and O–H groups in total. The third-order valence-electron chi connectivity index (χ3n) is 20.0. The Hall–Kier alpha value is -1.83. The van der Waals surface area contributed by atoms with Gasteiger partial charge in [-0.15, -0.1) is 0 Å². The second-order valence-electron chi connectivity index (χ2n) is 29.7. The Morgan fingerprint density at radius 2 is 0.442 bits per heavy atom. The number of nitrogens with one attached hydrogen (secondary N) is 4. The van der Waals surface area contributed by atoms with Crippen LogP contribution in [-0.2, 0) is 14.4 Å². The van der Waals surface area contributed by atoms with Crippen molar-refractivity contribution < 1.29 is 24.6 Å². The molecule has 0 aliphatic heterocycles. The van der Waals surface area contributed by atoms with Gasteiger partial charge in [-0.2, -0.15) is 0 Å². The third-order valence-corrected chi connectivity index (χ3v) is 20.0. The number of aliphatic hydroxyl groups excluding tert-OH is 2. The van der Waals surface area contributed by atoms with E-state index in [0.29, 0.717) is 78.2 Å². The van der Waals surface area contributed by atoms with Crippen molar-refractivity contribution in [1.82, 2.24) is 36.0 Å². The fourth-order valence-corrected chi connectivity index (χ4v) is 13.7. The number of nitrogens with zero attached hydrogens (tertiary/aromatic N) is 3. The molecule has 0 aliphatic carbocycles. The van der Waals surface area contributed by atoms with Gasteiger partial charge >= 0.3 is 0 Å². The molecule has 0 radical (unpaired) electrons. The molecule has 0 aromatic rings. The van der Waals surface area contributed by atoms with Crippen molar-refractivity contribution >= 4 is 17.7 Å². The van der Waals surface area contributed by atoms with Crippen LogP contribution < -0.4 is 21.3 Å². The van der Waals surface area contributed by atoms with Crippen molar-refractivity contribution in [3.8, 4) is 0 Å². The van der Waals surface area contributed by atoms with Crippen LogP contribution >= 0.6 is 0 Å². The van der Waals surface area contributed by atoms with Crippen molar-refractivity contribution in [3.63, 3.8) is 0 Å². The largest absolute Gasteiger partial charge is 0.390 e. The van der Waals surface area contributed by atoms with E-state index in [1.54, 1.807) is 0 Å². The summed E-state index contributed by atoms with van der Waals surface area (Å²) in [6.07, 6.45) is 72.1. The normalized spacial score (nSPS) is 12.4. The second kappa shape index (κ2) is 77.9. The molecular weight excluding hydrogens is 1170 g/mol. The van der Waals surface area contributed by atoms with Crippen LogP contribution in [0.4, 0.5) is 0 Å². The lowest BCUT2D eigenvalue weighted by molar-refractivity contribution is -0.122. The molecule has 0 rings (SSSR count). The lowest BCUT2D eigenvalue weighted by atomic mass is 10.1. The molecular formula is C83H169N7O5. The van der Waals surface area contributed by atoms with Crippen LogP contribution in [-0.4, -0.2) is 146 Å². The highest BCUT2D eigenvalue weighted by Gasteiger charge is 2.19. The van der Waals surface area contributed by atoms with Gasteiger partial charge in [-0.25, -0.2) is 0 Å². The minimum absolute atomic E-state index is 0.0605. The fourth-order valence-electron chi connectivity index (χ4n) is 13.7.